The Morgan fingerprint density at radius 1 is 1.27 bits per heavy atom. The second-order valence-electron chi connectivity index (χ2n) is 4.35. The molecule has 0 aromatic rings. The number of halogens is 1. The molecule has 1 rings (SSSR count). The first-order valence-corrected chi connectivity index (χ1v) is 6.62. The van der Waals surface area contributed by atoms with Gasteiger partial charge in [0.05, 0.1) is 0 Å². The van der Waals surface area contributed by atoms with E-state index in [-0.39, 0.29) is 11.3 Å². The first-order valence-electron chi connectivity index (χ1n) is 6.18. The number of likely N-dealkylation sites (tertiary alicyclic amines) is 1. The molecule has 0 saturated carbocycles. The largest absolute Gasteiger partial charge is 0.341 e. The number of amides is 1. The van der Waals surface area contributed by atoms with Crippen molar-refractivity contribution in [3.8, 4) is 0 Å². The summed E-state index contributed by atoms with van der Waals surface area (Å²) in [5, 5.41) is -0.289. The van der Waals surface area contributed by atoms with Crippen LogP contribution in [0.5, 0.6) is 0 Å². The average Bonchev–Trinajstić information content (AvgIpc) is 2.53. The molecule has 0 aromatic carbocycles. The maximum atomic E-state index is 12.0. The van der Waals surface area contributed by atoms with Crippen LogP contribution in [0.2, 0.25) is 0 Å². The predicted molar refractivity (Wildman–Crippen MR) is 64.2 cm³/mol. The minimum atomic E-state index is -0.289. The molecular formula is C12H22ClNO. The number of carbonyl (C=O) groups excluding carboxylic acids is 1. The summed E-state index contributed by atoms with van der Waals surface area (Å²) in [7, 11) is 0. The lowest BCUT2D eigenvalue weighted by Crippen LogP contribution is -2.37. The lowest BCUT2D eigenvalue weighted by atomic mass is 10.2. The summed E-state index contributed by atoms with van der Waals surface area (Å²) >= 11 is 6.11. The smallest absolute Gasteiger partial charge is 0.240 e. The molecule has 0 bridgehead atoms. The maximum absolute atomic E-state index is 12.0. The zero-order chi connectivity index (χ0) is 11.1. The van der Waals surface area contributed by atoms with Crippen LogP contribution in [-0.2, 0) is 4.79 Å². The predicted octanol–water partition coefficient (Wildman–Crippen LogP) is 3.19. The number of alkyl halides is 1. The fourth-order valence-corrected chi connectivity index (χ4v) is 2.29. The second kappa shape index (κ2) is 7.10. The van der Waals surface area contributed by atoms with Crippen molar-refractivity contribution in [1.29, 1.82) is 0 Å². The van der Waals surface area contributed by atoms with Gasteiger partial charge in [-0.15, -0.1) is 11.6 Å². The molecule has 0 radical (unpaired) electrons. The molecule has 0 aromatic heterocycles. The van der Waals surface area contributed by atoms with Crippen molar-refractivity contribution < 1.29 is 4.79 Å². The fourth-order valence-electron chi connectivity index (χ4n) is 2.00. The van der Waals surface area contributed by atoms with Crippen LogP contribution >= 0.6 is 11.6 Å². The van der Waals surface area contributed by atoms with Crippen molar-refractivity contribution in [2.75, 3.05) is 13.1 Å². The van der Waals surface area contributed by atoms with E-state index in [0.29, 0.717) is 0 Å². The van der Waals surface area contributed by atoms with Crippen molar-refractivity contribution in [2.45, 2.75) is 57.2 Å². The number of unbranched alkanes of at least 4 members (excludes halogenated alkanes) is 1. The van der Waals surface area contributed by atoms with Crippen LogP contribution in [0.15, 0.2) is 0 Å². The Hall–Kier alpha value is -0.240. The number of hydrogen-bond donors (Lipinski definition) is 0. The van der Waals surface area contributed by atoms with Crippen LogP contribution in [-0.4, -0.2) is 29.3 Å². The molecule has 1 aliphatic rings. The highest BCUT2D eigenvalue weighted by Crippen LogP contribution is 2.15. The first-order chi connectivity index (χ1) is 7.25. The van der Waals surface area contributed by atoms with Gasteiger partial charge in [-0.1, -0.05) is 32.6 Å². The standard InChI is InChI=1S/C12H22ClNO/c1-2-3-8-11(13)12(15)14-9-6-4-5-7-10-14/h11H,2-10H2,1H3. The van der Waals surface area contributed by atoms with Crippen molar-refractivity contribution in [3.05, 3.63) is 0 Å². The lowest BCUT2D eigenvalue weighted by Gasteiger charge is -2.22. The number of nitrogens with zero attached hydrogens (tertiary/aromatic N) is 1. The van der Waals surface area contributed by atoms with Gasteiger partial charge in [0.15, 0.2) is 0 Å². The summed E-state index contributed by atoms with van der Waals surface area (Å²) in [4.78, 5) is 13.9. The van der Waals surface area contributed by atoms with Gasteiger partial charge >= 0.3 is 0 Å². The highest BCUT2D eigenvalue weighted by Gasteiger charge is 2.22. The van der Waals surface area contributed by atoms with Crippen LogP contribution in [0, 0.1) is 0 Å². The van der Waals surface area contributed by atoms with Gasteiger partial charge in [0.1, 0.15) is 5.38 Å². The minimum Gasteiger partial charge on any atom is -0.341 e. The Labute approximate surface area is 98.0 Å². The monoisotopic (exact) mass is 231 g/mol. The van der Waals surface area contributed by atoms with Crippen LogP contribution in [0.4, 0.5) is 0 Å². The molecule has 0 spiro atoms. The molecule has 1 amide bonds. The fraction of sp³-hybridized carbons (Fsp3) is 0.917. The van der Waals surface area contributed by atoms with Crippen molar-refractivity contribution in [2.24, 2.45) is 0 Å². The summed E-state index contributed by atoms with van der Waals surface area (Å²) < 4.78 is 0. The third-order valence-electron chi connectivity index (χ3n) is 3.00. The Balaban J connectivity index is 2.35. The van der Waals surface area contributed by atoms with Gasteiger partial charge < -0.3 is 4.90 Å². The third-order valence-corrected chi connectivity index (χ3v) is 3.40. The Kier molecular flexibility index (Phi) is 6.07. The van der Waals surface area contributed by atoms with Crippen molar-refractivity contribution in [1.82, 2.24) is 4.90 Å². The quantitative estimate of drug-likeness (QED) is 0.681. The topological polar surface area (TPSA) is 20.3 Å². The lowest BCUT2D eigenvalue weighted by molar-refractivity contribution is -0.130. The third kappa shape index (κ3) is 4.42. The molecule has 1 saturated heterocycles. The van der Waals surface area contributed by atoms with Crippen LogP contribution < -0.4 is 0 Å². The van der Waals surface area contributed by atoms with E-state index in [1.807, 2.05) is 4.90 Å². The SMILES string of the molecule is CCCCC(Cl)C(=O)N1CCCCCC1. The molecule has 1 fully saturated rings. The molecule has 88 valence electrons. The van der Waals surface area contributed by atoms with Gasteiger partial charge in [-0.2, -0.15) is 0 Å². The second-order valence-corrected chi connectivity index (χ2v) is 4.88. The van der Waals surface area contributed by atoms with Gasteiger partial charge in [0.25, 0.3) is 0 Å². The maximum Gasteiger partial charge on any atom is 0.240 e. The summed E-state index contributed by atoms with van der Waals surface area (Å²) in [5.74, 6) is 0.159. The Morgan fingerprint density at radius 3 is 2.40 bits per heavy atom. The molecular weight excluding hydrogens is 210 g/mol. The molecule has 1 unspecified atom stereocenters. The van der Waals surface area contributed by atoms with Crippen LogP contribution in [0.3, 0.4) is 0 Å². The molecule has 0 aliphatic carbocycles. The molecule has 1 aliphatic heterocycles. The molecule has 1 heterocycles. The van der Waals surface area contributed by atoms with Gasteiger partial charge in [0.2, 0.25) is 5.91 Å². The highest BCUT2D eigenvalue weighted by molar-refractivity contribution is 6.30. The van der Waals surface area contributed by atoms with Gasteiger partial charge in [0, 0.05) is 13.1 Å². The Morgan fingerprint density at radius 2 is 1.87 bits per heavy atom. The zero-order valence-electron chi connectivity index (χ0n) is 9.67. The van der Waals surface area contributed by atoms with E-state index >= 15 is 0 Å². The zero-order valence-corrected chi connectivity index (χ0v) is 10.4. The van der Waals surface area contributed by atoms with Crippen molar-refractivity contribution >= 4 is 17.5 Å². The summed E-state index contributed by atoms with van der Waals surface area (Å²) in [6.45, 7) is 3.95. The molecule has 0 N–H and O–H groups in total. The normalized spacial score (nSPS) is 19.7. The van der Waals surface area contributed by atoms with Gasteiger partial charge in [-0.25, -0.2) is 0 Å². The molecule has 3 heteroatoms. The minimum absolute atomic E-state index is 0.159. The van der Waals surface area contributed by atoms with E-state index < -0.39 is 0 Å². The summed E-state index contributed by atoms with van der Waals surface area (Å²) in [6, 6.07) is 0. The molecule has 15 heavy (non-hydrogen) atoms. The van der Waals surface area contributed by atoms with E-state index in [1.54, 1.807) is 0 Å². The average molecular weight is 232 g/mol. The molecule has 1 atom stereocenters. The van der Waals surface area contributed by atoms with E-state index in [1.165, 1.54) is 12.8 Å². The van der Waals surface area contributed by atoms with E-state index in [2.05, 4.69) is 6.92 Å². The first kappa shape index (κ1) is 12.8. The number of hydrogen-bond acceptors (Lipinski definition) is 1. The Bertz CT molecular complexity index is 188. The van der Waals surface area contributed by atoms with E-state index in [4.69, 9.17) is 11.6 Å². The summed E-state index contributed by atoms with van der Waals surface area (Å²) in [6.07, 6.45) is 7.78. The highest BCUT2D eigenvalue weighted by atomic mass is 35.5. The van der Waals surface area contributed by atoms with Crippen LogP contribution in [0.25, 0.3) is 0 Å². The summed E-state index contributed by atoms with van der Waals surface area (Å²) in [5.41, 5.74) is 0. The van der Waals surface area contributed by atoms with Crippen molar-refractivity contribution in [3.63, 3.8) is 0 Å². The number of carbonyl (C=O) groups is 1. The van der Waals surface area contributed by atoms with E-state index in [9.17, 15) is 4.79 Å². The van der Waals surface area contributed by atoms with Gasteiger partial charge in [-0.05, 0) is 19.3 Å². The van der Waals surface area contributed by atoms with Gasteiger partial charge in [-0.3, -0.25) is 4.79 Å². The van der Waals surface area contributed by atoms with Crippen LogP contribution in [0.1, 0.15) is 51.9 Å². The van der Waals surface area contributed by atoms with E-state index in [0.717, 1.165) is 45.2 Å². The number of rotatable bonds is 4. The molecule has 2 nitrogen and oxygen atoms in total.